The Balaban J connectivity index is 4.66. The summed E-state index contributed by atoms with van der Waals surface area (Å²) in [5, 5.41) is 0. The number of carbonyl (C=O) groups is 2. The smallest absolute Gasteiger partial charge is 0.256 e. The molecule has 0 heterocycles. The Kier molecular flexibility index (Phi) is 4.44. The molecule has 0 spiro atoms. The molecule has 2 nitrogen and oxygen atoms in total. The Morgan fingerprint density at radius 3 is 0.917 bits per heavy atom. The lowest BCUT2D eigenvalue weighted by atomic mass is 10.3. The van der Waals surface area contributed by atoms with Crippen molar-refractivity contribution in [3.05, 3.63) is 0 Å². The number of halogens is 6. The molecular formula is C4Cl6O2. The fourth-order valence-electron chi connectivity index (χ4n) is 0.257. The predicted molar refractivity (Wildman–Crippen MR) is 50.6 cm³/mol. The molecule has 0 atom stereocenters. The van der Waals surface area contributed by atoms with Crippen LogP contribution in [0.5, 0.6) is 0 Å². The van der Waals surface area contributed by atoms with Gasteiger partial charge in [0, 0.05) is 0 Å². The minimum absolute atomic E-state index is 1.38. The number of hydrogen-bond donors (Lipinski definition) is 0. The van der Waals surface area contributed by atoms with Crippen LogP contribution in [0.1, 0.15) is 0 Å². The van der Waals surface area contributed by atoms with E-state index >= 15 is 0 Å². The molecule has 0 amide bonds. The van der Waals surface area contributed by atoms with Gasteiger partial charge in [0.05, 0.1) is 0 Å². The molecule has 0 aliphatic carbocycles. The van der Waals surface area contributed by atoms with E-state index in [9.17, 15) is 9.59 Å². The summed E-state index contributed by atoms with van der Waals surface area (Å²) in [6, 6.07) is 0. The van der Waals surface area contributed by atoms with Gasteiger partial charge in [-0.2, -0.15) is 0 Å². The van der Waals surface area contributed by atoms with E-state index < -0.39 is 19.2 Å². The van der Waals surface area contributed by atoms with Crippen LogP contribution in [0.15, 0.2) is 0 Å². The summed E-state index contributed by atoms with van der Waals surface area (Å²) in [6.45, 7) is 0. The molecule has 0 aromatic heterocycles. The van der Waals surface area contributed by atoms with E-state index in [1.54, 1.807) is 0 Å². The van der Waals surface area contributed by atoms with Crippen molar-refractivity contribution in [1.29, 1.82) is 0 Å². The van der Waals surface area contributed by atoms with Crippen molar-refractivity contribution in [2.24, 2.45) is 0 Å². The maximum atomic E-state index is 10.8. The van der Waals surface area contributed by atoms with Gasteiger partial charge in [-0.05, 0) is 0 Å². The highest BCUT2D eigenvalue weighted by Crippen LogP contribution is 2.34. The van der Waals surface area contributed by atoms with Crippen LogP contribution >= 0.6 is 69.6 Å². The first-order chi connectivity index (χ1) is 5.07. The first-order valence-electron chi connectivity index (χ1n) is 2.29. The second-order valence-electron chi connectivity index (χ2n) is 1.65. The van der Waals surface area contributed by atoms with Crippen LogP contribution in [0.3, 0.4) is 0 Å². The van der Waals surface area contributed by atoms with Crippen LogP contribution in [0, 0.1) is 0 Å². The van der Waals surface area contributed by atoms with E-state index in [1.165, 1.54) is 0 Å². The van der Waals surface area contributed by atoms with Gasteiger partial charge in [-0.25, -0.2) is 0 Å². The quantitative estimate of drug-likeness (QED) is 0.550. The fraction of sp³-hybridized carbons (Fsp3) is 0.500. The average molecular weight is 293 g/mol. The number of ketones is 2. The van der Waals surface area contributed by atoms with Gasteiger partial charge in [-0.3, -0.25) is 9.59 Å². The number of rotatable bonds is 1. The molecule has 0 bridgehead atoms. The van der Waals surface area contributed by atoms with Gasteiger partial charge >= 0.3 is 0 Å². The molecule has 8 heteroatoms. The highest BCUT2D eigenvalue weighted by atomic mass is 35.6. The lowest BCUT2D eigenvalue weighted by molar-refractivity contribution is -0.135. The Morgan fingerprint density at radius 1 is 0.667 bits per heavy atom. The maximum absolute atomic E-state index is 10.8. The largest absolute Gasteiger partial charge is 0.286 e. The normalized spacial score (nSPS) is 12.8. The molecule has 0 aromatic rings. The van der Waals surface area contributed by atoms with Crippen LogP contribution in [0.25, 0.3) is 0 Å². The second kappa shape index (κ2) is 4.07. The fourth-order valence-corrected chi connectivity index (χ4v) is 0.772. The maximum Gasteiger partial charge on any atom is 0.256 e. The molecule has 12 heavy (non-hydrogen) atoms. The van der Waals surface area contributed by atoms with Crippen molar-refractivity contribution in [1.82, 2.24) is 0 Å². The molecule has 0 saturated carbocycles. The van der Waals surface area contributed by atoms with E-state index in [2.05, 4.69) is 0 Å². The van der Waals surface area contributed by atoms with Crippen molar-refractivity contribution < 1.29 is 9.59 Å². The van der Waals surface area contributed by atoms with Crippen molar-refractivity contribution in [2.75, 3.05) is 0 Å². The molecule has 0 N–H and O–H groups in total. The van der Waals surface area contributed by atoms with Crippen molar-refractivity contribution in [2.45, 2.75) is 7.59 Å². The molecule has 0 rings (SSSR count). The molecule has 0 unspecified atom stereocenters. The second-order valence-corrected chi connectivity index (χ2v) is 6.22. The van der Waals surface area contributed by atoms with E-state index in [0.29, 0.717) is 0 Å². The summed E-state index contributed by atoms with van der Waals surface area (Å²) in [4.78, 5) is 21.6. The average Bonchev–Trinajstić information content (AvgIpc) is 1.80. The first-order valence-corrected chi connectivity index (χ1v) is 4.56. The number of Topliss-reactive ketones (excluding diaryl/α,β-unsaturated/α-hetero) is 2. The van der Waals surface area contributed by atoms with Crippen LogP contribution in [0.4, 0.5) is 0 Å². The molecule has 0 fully saturated rings. The highest BCUT2D eigenvalue weighted by molar-refractivity contribution is 6.89. The minimum Gasteiger partial charge on any atom is -0.286 e. The summed E-state index contributed by atoms with van der Waals surface area (Å²) in [7, 11) is 0. The van der Waals surface area contributed by atoms with Gasteiger partial charge in [0.25, 0.3) is 19.2 Å². The van der Waals surface area contributed by atoms with Gasteiger partial charge < -0.3 is 0 Å². The van der Waals surface area contributed by atoms with Crippen molar-refractivity contribution in [3.8, 4) is 0 Å². The lowest BCUT2D eigenvalue weighted by Gasteiger charge is -2.12. The summed E-state index contributed by atoms with van der Waals surface area (Å²) >= 11 is 30.4. The third kappa shape index (κ3) is 3.86. The third-order valence-electron chi connectivity index (χ3n) is 0.721. The molecule has 0 saturated heterocycles. The molecular weight excluding hydrogens is 293 g/mol. The Morgan fingerprint density at radius 2 is 0.833 bits per heavy atom. The zero-order valence-corrected chi connectivity index (χ0v) is 9.62. The van der Waals surface area contributed by atoms with Crippen LogP contribution in [-0.4, -0.2) is 19.2 Å². The molecule has 70 valence electrons. The monoisotopic (exact) mass is 290 g/mol. The lowest BCUT2D eigenvalue weighted by Crippen LogP contribution is -2.36. The van der Waals surface area contributed by atoms with Gasteiger partial charge in [-0.15, -0.1) is 0 Å². The Bertz CT molecular complexity index is 187. The van der Waals surface area contributed by atoms with E-state index in [0.717, 1.165) is 0 Å². The molecule has 0 aliphatic rings. The molecule has 0 aromatic carbocycles. The SMILES string of the molecule is O=C(C(=O)C(Cl)(Cl)Cl)C(Cl)(Cl)Cl. The van der Waals surface area contributed by atoms with Crippen LogP contribution < -0.4 is 0 Å². The van der Waals surface area contributed by atoms with Crippen molar-refractivity contribution in [3.63, 3.8) is 0 Å². The Hall–Kier alpha value is 1.08. The summed E-state index contributed by atoms with van der Waals surface area (Å²) in [5.74, 6) is -2.76. The summed E-state index contributed by atoms with van der Waals surface area (Å²) in [6.07, 6.45) is 0. The van der Waals surface area contributed by atoms with Crippen LogP contribution in [-0.2, 0) is 9.59 Å². The number of alkyl halides is 6. The molecule has 0 radical (unpaired) electrons. The zero-order valence-electron chi connectivity index (χ0n) is 5.08. The number of carbonyl (C=O) groups excluding carboxylic acids is 2. The minimum atomic E-state index is -2.39. The van der Waals surface area contributed by atoms with E-state index in [-0.39, 0.29) is 0 Å². The van der Waals surface area contributed by atoms with Crippen LogP contribution in [0.2, 0.25) is 0 Å². The zero-order chi connectivity index (χ0) is 10.2. The Labute approximate surface area is 98.0 Å². The summed E-state index contributed by atoms with van der Waals surface area (Å²) < 4.78 is -4.78. The van der Waals surface area contributed by atoms with Crippen molar-refractivity contribution >= 4 is 81.2 Å². The van der Waals surface area contributed by atoms with E-state index in [4.69, 9.17) is 69.6 Å². The summed E-state index contributed by atoms with van der Waals surface area (Å²) in [5.41, 5.74) is 0. The third-order valence-corrected chi connectivity index (χ3v) is 1.75. The predicted octanol–water partition coefficient (Wildman–Crippen LogP) is 2.86. The number of hydrogen-bond acceptors (Lipinski definition) is 2. The van der Waals surface area contributed by atoms with Gasteiger partial charge in [0.2, 0.25) is 0 Å². The highest BCUT2D eigenvalue weighted by Gasteiger charge is 2.45. The standard InChI is InChI=1S/C4Cl6O2/c5-3(6,7)1(11)2(12)4(8,9)10. The molecule has 0 aliphatic heterocycles. The van der Waals surface area contributed by atoms with Gasteiger partial charge in [0.15, 0.2) is 0 Å². The topological polar surface area (TPSA) is 34.1 Å². The van der Waals surface area contributed by atoms with Gasteiger partial charge in [-0.1, -0.05) is 69.6 Å². The van der Waals surface area contributed by atoms with E-state index in [1.807, 2.05) is 0 Å². The van der Waals surface area contributed by atoms with Gasteiger partial charge in [0.1, 0.15) is 0 Å². The first kappa shape index (κ1) is 13.1.